The first-order chi connectivity index (χ1) is 9.86. The molecule has 0 aliphatic carbocycles. The molecule has 0 aromatic carbocycles. The van der Waals surface area contributed by atoms with Crippen LogP contribution in [-0.2, 0) is 4.74 Å². The van der Waals surface area contributed by atoms with Crippen LogP contribution in [0.15, 0.2) is 24.0 Å². The van der Waals surface area contributed by atoms with Crippen molar-refractivity contribution in [1.29, 1.82) is 0 Å². The van der Waals surface area contributed by atoms with Gasteiger partial charge in [0.15, 0.2) is 0 Å². The number of hydrogen-bond donors (Lipinski definition) is 0. The summed E-state index contributed by atoms with van der Waals surface area (Å²) in [7, 11) is 0. The Morgan fingerprint density at radius 3 is 3.20 bits per heavy atom. The van der Waals surface area contributed by atoms with Gasteiger partial charge < -0.3 is 14.4 Å². The molecular weight excluding hydrogens is 276 g/mol. The summed E-state index contributed by atoms with van der Waals surface area (Å²) in [6.45, 7) is 4.76. The van der Waals surface area contributed by atoms with E-state index < -0.39 is 0 Å². The molecule has 0 spiro atoms. The highest BCUT2D eigenvalue weighted by molar-refractivity contribution is 7.09. The topological polar surface area (TPSA) is 60.4 Å². The average Bonchev–Trinajstić information content (AvgIpc) is 3.02. The van der Waals surface area contributed by atoms with Crippen LogP contribution in [-0.4, -0.2) is 41.3 Å². The monoisotopic (exact) mass is 292 g/mol. The summed E-state index contributed by atoms with van der Waals surface area (Å²) in [6.07, 6.45) is 3.35. The van der Waals surface area contributed by atoms with Crippen molar-refractivity contribution in [1.82, 2.24) is 15.0 Å². The first-order valence-corrected chi connectivity index (χ1v) is 7.45. The molecule has 1 unspecified atom stereocenters. The van der Waals surface area contributed by atoms with E-state index in [-0.39, 0.29) is 6.10 Å². The van der Waals surface area contributed by atoms with Crippen molar-refractivity contribution in [2.75, 3.05) is 31.2 Å². The van der Waals surface area contributed by atoms with Crippen molar-refractivity contribution < 1.29 is 9.47 Å². The molecule has 1 aliphatic heterocycles. The van der Waals surface area contributed by atoms with E-state index in [0.717, 1.165) is 23.9 Å². The summed E-state index contributed by atoms with van der Waals surface area (Å²) >= 11 is 1.62. The van der Waals surface area contributed by atoms with Gasteiger partial charge in [0.05, 0.1) is 19.8 Å². The minimum atomic E-state index is 0.00857. The molecule has 2 aromatic rings. The van der Waals surface area contributed by atoms with E-state index in [0.29, 0.717) is 19.1 Å². The molecule has 3 rings (SSSR count). The molecule has 1 aliphatic rings. The van der Waals surface area contributed by atoms with Crippen molar-refractivity contribution in [2.24, 2.45) is 0 Å². The van der Waals surface area contributed by atoms with Crippen LogP contribution in [0.1, 0.15) is 18.0 Å². The number of morpholine rings is 1. The SMILES string of the molecule is CCOc1cc(N2CCOC(c3nccs3)C2)ncn1. The second-order valence-corrected chi connectivity index (χ2v) is 5.25. The lowest BCUT2D eigenvalue weighted by Crippen LogP contribution is -2.38. The zero-order valence-electron chi connectivity index (χ0n) is 11.2. The maximum absolute atomic E-state index is 5.78. The molecule has 2 aromatic heterocycles. The molecule has 0 amide bonds. The fourth-order valence-corrected chi connectivity index (χ4v) is 2.81. The van der Waals surface area contributed by atoms with Crippen molar-refractivity contribution >= 4 is 17.2 Å². The van der Waals surface area contributed by atoms with Crippen LogP contribution in [0.4, 0.5) is 5.82 Å². The predicted molar refractivity (Wildman–Crippen MR) is 76.2 cm³/mol. The van der Waals surface area contributed by atoms with Crippen LogP contribution in [0.2, 0.25) is 0 Å². The number of aromatic nitrogens is 3. The Morgan fingerprint density at radius 2 is 2.40 bits per heavy atom. The molecular formula is C13H16N4O2S. The standard InChI is InChI=1S/C13H16N4O2S/c1-2-18-12-7-11(15-9-16-12)17-4-5-19-10(8-17)13-14-3-6-20-13/h3,6-7,9-10H,2,4-5,8H2,1H3. The molecule has 6 nitrogen and oxygen atoms in total. The minimum absolute atomic E-state index is 0.00857. The van der Waals surface area contributed by atoms with Crippen molar-refractivity contribution in [3.05, 3.63) is 29.0 Å². The minimum Gasteiger partial charge on any atom is -0.478 e. The third-order valence-corrected chi connectivity index (χ3v) is 3.90. The van der Waals surface area contributed by atoms with Gasteiger partial charge in [0.2, 0.25) is 5.88 Å². The molecule has 1 atom stereocenters. The quantitative estimate of drug-likeness (QED) is 0.858. The van der Waals surface area contributed by atoms with E-state index in [2.05, 4.69) is 19.9 Å². The van der Waals surface area contributed by atoms with Crippen LogP contribution in [0.25, 0.3) is 0 Å². The van der Waals surface area contributed by atoms with Gasteiger partial charge in [-0.15, -0.1) is 11.3 Å². The number of nitrogens with zero attached hydrogens (tertiary/aromatic N) is 4. The molecule has 0 radical (unpaired) electrons. The lowest BCUT2D eigenvalue weighted by molar-refractivity contribution is 0.0393. The summed E-state index contributed by atoms with van der Waals surface area (Å²) in [6, 6.07) is 1.87. The Morgan fingerprint density at radius 1 is 1.45 bits per heavy atom. The number of hydrogen-bond acceptors (Lipinski definition) is 7. The fraction of sp³-hybridized carbons (Fsp3) is 0.462. The number of anilines is 1. The molecule has 1 saturated heterocycles. The Balaban J connectivity index is 1.74. The molecule has 3 heterocycles. The molecule has 1 fully saturated rings. The third-order valence-electron chi connectivity index (χ3n) is 3.04. The lowest BCUT2D eigenvalue weighted by atomic mass is 10.3. The van der Waals surface area contributed by atoms with E-state index >= 15 is 0 Å². The Bertz CT molecular complexity index is 549. The second kappa shape index (κ2) is 6.15. The lowest BCUT2D eigenvalue weighted by Gasteiger charge is -2.32. The second-order valence-electron chi connectivity index (χ2n) is 4.32. The molecule has 0 saturated carbocycles. The van der Waals surface area contributed by atoms with Gasteiger partial charge in [0.1, 0.15) is 23.3 Å². The van der Waals surface area contributed by atoms with Crippen molar-refractivity contribution in [3.63, 3.8) is 0 Å². The summed E-state index contributed by atoms with van der Waals surface area (Å²) < 4.78 is 11.2. The van der Waals surface area contributed by atoms with Gasteiger partial charge in [0.25, 0.3) is 0 Å². The van der Waals surface area contributed by atoms with Gasteiger partial charge in [-0.3, -0.25) is 0 Å². The first kappa shape index (κ1) is 13.3. The Kier molecular flexibility index (Phi) is 4.08. The summed E-state index contributed by atoms with van der Waals surface area (Å²) in [5.41, 5.74) is 0. The molecule has 7 heteroatoms. The summed E-state index contributed by atoms with van der Waals surface area (Å²) in [4.78, 5) is 14.9. The maximum atomic E-state index is 5.78. The van der Waals surface area contributed by atoms with Crippen LogP contribution >= 0.6 is 11.3 Å². The van der Waals surface area contributed by atoms with Crippen LogP contribution < -0.4 is 9.64 Å². The fourth-order valence-electron chi connectivity index (χ4n) is 2.13. The summed E-state index contributed by atoms with van der Waals surface area (Å²) in [5.74, 6) is 1.48. The normalized spacial score (nSPS) is 19.1. The van der Waals surface area contributed by atoms with E-state index in [4.69, 9.17) is 9.47 Å². The van der Waals surface area contributed by atoms with Gasteiger partial charge in [0, 0.05) is 24.2 Å². The third kappa shape index (κ3) is 2.88. The highest BCUT2D eigenvalue weighted by Crippen LogP contribution is 2.27. The number of rotatable bonds is 4. The highest BCUT2D eigenvalue weighted by Gasteiger charge is 2.24. The van der Waals surface area contributed by atoms with E-state index in [1.54, 1.807) is 17.5 Å². The summed E-state index contributed by atoms with van der Waals surface area (Å²) in [5, 5.41) is 2.98. The maximum Gasteiger partial charge on any atom is 0.218 e. The Labute approximate surface area is 121 Å². The van der Waals surface area contributed by atoms with E-state index in [1.807, 2.05) is 18.4 Å². The highest BCUT2D eigenvalue weighted by atomic mass is 32.1. The molecule has 20 heavy (non-hydrogen) atoms. The van der Waals surface area contributed by atoms with Gasteiger partial charge in [-0.1, -0.05) is 0 Å². The van der Waals surface area contributed by atoms with Gasteiger partial charge in [-0.25, -0.2) is 15.0 Å². The van der Waals surface area contributed by atoms with E-state index in [1.165, 1.54) is 6.33 Å². The molecule has 0 bridgehead atoms. The van der Waals surface area contributed by atoms with Crippen molar-refractivity contribution in [3.8, 4) is 5.88 Å². The van der Waals surface area contributed by atoms with E-state index in [9.17, 15) is 0 Å². The van der Waals surface area contributed by atoms with Crippen LogP contribution in [0.3, 0.4) is 0 Å². The van der Waals surface area contributed by atoms with Gasteiger partial charge in [-0.05, 0) is 6.92 Å². The van der Waals surface area contributed by atoms with Crippen LogP contribution in [0.5, 0.6) is 5.88 Å². The zero-order valence-corrected chi connectivity index (χ0v) is 12.0. The molecule has 106 valence electrons. The number of ether oxygens (including phenoxy) is 2. The zero-order chi connectivity index (χ0) is 13.8. The largest absolute Gasteiger partial charge is 0.478 e. The van der Waals surface area contributed by atoms with Crippen LogP contribution in [0, 0.1) is 0 Å². The number of thiazole rings is 1. The molecule has 0 N–H and O–H groups in total. The smallest absolute Gasteiger partial charge is 0.218 e. The van der Waals surface area contributed by atoms with Crippen molar-refractivity contribution in [2.45, 2.75) is 13.0 Å². The first-order valence-electron chi connectivity index (χ1n) is 6.57. The van der Waals surface area contributed by atoms with Gasteiger partial charge >= 0.3 is 0 Å². The Hall–Kier alpha value is -1.73. The van der Waals surface area contributed by atoms with Gasteiger partial charge in [-0.2, -0.15) is 0 Å². The average molecular weight is 292 g/mol. The predicted octanol–water partition coefficient (Wildman–Crippen LogP) is 1.91.